The van der Waals surface area contributed by atoms with Gasteiger partial charge in [0.1, 0.15) is 5.82 Å². The van der Waals surface area contributed by atoms with E-state index in [1.54, 1.807) is 27.8 Å². The number of nitrogen functional groups attached to an aromatic ring is 1. The number of benzene rings is 1. The summed E-state index contributed by atoms with van der Waals surface area (Å²) in [7, 11) is 1.81. The number of nitrogens with zero attached hydrogens (tertiary/aromatic N) is 5. The van der Waals surface area contributed by atoms with Gasteiger partial charge < -0.3 is 10.6 Å². The van der Waals surface area contributed by atoms with Crippen LogP contribution in [0, 0.1) is 6.92 Å². The molecule has 4 aromatic rings. The number of alkyl halides is 3. The Morgan fingerprint density at radius 1 is 1.21 bits per heavy atom. The van der Waals surface area contributed by atoms with E-state index in [9.17, 15) is 18.0 Å². The number of fused-ring (bicyclic) bond motifs is 3. The number of pyridine rings is 2. The van der Waals surface area contributed by atoms with E-state index in [0.29, 0.717) is 35.6 Å². The van der Waals surface area contributed by atoms with Crippen LogP contribution >= 0.6 is 0 Å². The fourth-order valence-corrected chi connectivity index (χ4v) is 4.00. The van der Waals surface area contributed by atoms with Crippen molar-refractivity contribution in [2.24, 2.45) is 7.05 Å². The van der Waals surface area contributed by atoms with Crippen LogP contribution in [0.25, 0.3) is 21.8 Å². The molecule has 0 spiro atoms. The molecule has 172 valence electrons. The molecule has 0 aliphatic rings. The second-order valence-electron chi connectivity index (χ2n) is 7.92. The summed E-state index contributed by atoms with van der Waals surface area (Å²) in [6.07, 6.45) is -2.98. The number of aryl methyl sites for hydroxylation is 2. The van der Waals surface area contributed by atoms with Crippen LogP contribution in [0.5, 0.6) is 0 Å². The van der Waals surface area contributed by atoms with Crippen LogP contribution in [-0.4, -0.2) is 37.1 Å². The van der Waals surface area contributed by atoms with E-state index >= 15 is 0 Å². The van der Waals surface area contributed by atoms with Gasteiger partial charge in [-0.3, -0.25) is 14.5 Å². The number of carbonyl (C=O) groups excluding carboxylic acids is 1. The molecule has 0 saturated heterocycles. The molecule has 0 atom stereocenters. The van der Waals surface area contributed by atoms with Gasteiger partial charge in [-0.15, -0.1) is 0 Å². The molecule has 0 unspecified atom stereocenters. The number of aromatic nitrogens is 4. The minimum atomic E-state index is -4.46. The maximum Gasteiger partial charge on any atom is 0.417 e. The molecular weight excluding hydrogens is 433 g/mol. The molecule has 0 bridgehead atoms. The Kier molecular flexibility index (Phi) is 5.69. The van der Waals surface area contributed by atoms with Crippen LogP contribution in [0.3, 0.4) is 0 Å². The van der Waals surface area contributed by atoms with E-state index in [0.717, 1.165) is 34.2 Å². The van der Waals surface area contributed by atoms with Gasteiger partial charge in [0.2, 0.25) is 0 Å². The SMILES string of the molecule is CCCN(Cc1ccc(C(F)(F)F)cn1)C(=O)c1ccc2nc(N)c3c(C)nn(C)c3c2c1. The highest BCUT2D eigenvalue weighted by atomic mass is 19.4. The van der Waals surface area contributed by atoms with Crippen molar-refractivity contribution in [1.82, 2.24) is 24.6 Å². The largest absolute Gasteiger partial charge is 0.417 e. The number of amides is 1. The van der Waals surface area contributed by atoms with Crippen LogP contribution in [0.2, 0.25) is 0 Å². The van der Waals surface area contributed by atoms with Gasteiger partial charge in [-0.25, -0.2) is 4.98 Å². The van der Waals surface area contributed by atoms with Crippen molar-refractivity contribution in [2.75, 3.05) is 12.3 Å². The summed E-state index contributed by atoms with van der Waals surface area (Å²) in [4.78, 5) is 23.3. The monoisotopic (exact) mass is 456 g/mol. The van der Waals surface area contributed by atoms with Crippen molar-refractivity contribution in [3.05, 3.63) is 59.0 Å². The molecule has 0 aliphatic carbocycles. The van der Waals surface area contributed by atoms with Crippen LogP contribution < -0.4 is 5.73 Å². The number of anilines is 1. The third kappa shape index (κ3) is 4.20. The molecule has 0 aliphatic heterocycles. The van der Waals surface area contributed by atoms with Crippen molar-refractivity contribution in [3.63, 3.8) is 0 Å². The number of rotatable bonds is 5. The average molecular weight is 456 g/mol. The zero-order chi connectivity index (χ0) is 23.9. The molecule has 33 heavy (non-hydrogen) atoms. The van der Waals surface area contributed by atoms with Gasteiger partial charge in [0.25, 0.3) is 5.91 Å². The molecular formula is C23H23F3N6O. The summed E-state index contributed by atoms with van der Waals surface area (Å²) in [5, 5.41) is 5.93. The predicted molar refractivity (Wildman–Crippen MR) is 119 cm³/mol. The van der Waals surface area contributed by atoms with Crippen LogP contribution in [0.1, 0.15) is 40.7 Å². The zero-order valence-corrected chi connectivity index (χ0v) is 18.4. The lowest BCUT2D eigenvalue weighted by atomic mass is 10.1. The summed E-state index contributed by atoms with van der Waals surface area (Å²) in [5.41, 5.74) is 8.30. The second kappa shape index (κ2) is 8.34. The number of nitrogens with two attached hydrogens (primary N) is 1. The summed E-state index contributed by atoms with van der Waals surface area (Å²) < 4.78 is 40.2. The number of halogens is 3. The lowest BCUT2D eigenvalue weighted by molar-refractivity contribution is -0.137. The van der Waals surface area contributed by atoms with Crippen LogP contribution in [0.15, 0.2) is 36.5 Å². The van der Waals surface area contributed by atoms with Gasteiger partial charge in [-0.2, -0.15) is 18.3 Å². The Balaban J connectivity index is 1.70. The van der Waals surface area contributed by atoms with E-state index in [1.165, 1.54) is 6.07 Å². The minimum Gasteiger partial charge on any atom is -0.383 e. The Labute approximate surface area is 188 Å². The Morgan fingerprint density at radius 3 is 2.61 bits per heavy atom. The van der Waals surface area contributed by atoms with Crippen molar-refractivity contribution < 1.29 is 18.0 Å². The molecule has 2 N–H and O–H groups in total. The lowest BCUT2D eigenvalue weighted by Crippen LogP contribution is -2.31. The first-order valence-electron chi connectivity index (χ1n) is 10.4. The third-order valence-corrected chi connectivity index (χ3v) is 5.50. The van der Waals surface area contributed by atoms with Crippen LogP contribution in [0.4, 0.5) is 19.0 Å². The number of carbonyl (C=O) groups is 1. The van der Waals surface area contributed by atoms with Gasteiger partial charge in [-0.05, 0) is 43.7 Å². The molecule has 3 heterocycles. The summed E-state index contributed by atoms with van der Waals surface area (Å²) >= 11 is 0. The molecule has 0 fully saturated rings. The molecule has 4 rings (SSSR count). The third-order valence-electron chi connectivity index (χ3n) is 5.50. The van der Waals surface area contributed by atoms with Gasteiger partial charge in [-0.1, -0.05) is 6.92 Å². The summed E-state index contributed by atoms with van der Waals surface area (Å²) in [5.74, 6) is 0.132. The molecule has 7 nitrogen and oxygen atoms in total. The number of hydrogen-bond donors (Lipinski definition) is 1. The maximum absolute atomic E-state index is 13.4. The van der Waals surface area contributed by atoms with Crippen LogP contribution in [-0.2, 0) is 19.8 Å². The zero-order valence-electron chi connectivity index (χ0n) is 18.4. The van der Waals surface area contributed by atoms with E-state index < -0.39 is 11.7 Å². The fourth-order valence-electron chi connectivity index (χ4n) is 4.00. The highest BCUT2D eigenvalue weighted by Crippen LogP contribution is 2.31. The first kappa shape index (κ1) is 22.5. The molecule has 10 heteroatoms. The van der Waals surface area contributed by atoms with Crippen molar-refractivity contribution in [2.45, 2.75) is 33.0 Å². The summed E-state index contributed by atoms with van der Waals surface area (Å²) in [6.45, 7) is 4.31. The van der Waals surface area contributed by atoms with E-state index in [1.807, 2.05) is 20.9 Å². The second-order valence-corrected chi connectivity index (χ2v) is 7.92. The van der Waals surface area contributed by atoms with E-state index in [-0.39, 0.29) is 12.5 Å². The van der Waals surface area contributed by atoms with Gasteiger partial charge in [0, 0.05) is 30.7 Å². The molecule has 3 aromatic heterocycles. The number of hydrogen-bond acceptors (Lipinski definition) is 5. The average Bonchev–Trinajstić information content (AvgIpc) is 3.07. The Hall–Kier alpha value is -3.69. The van der Waals surface area contributed by atoms with Crippen molar-refractivity contribution in [1.29, 1.82) is 0 Å². The smallest absolute Gasteiger partial charge is 0.383 e. The van der Waals surface area contributed by atoms with E-state index in [2.05, 4.69) is 15.1 Å². The highest BCUT2D eigenvalue weighted by Gasteiger charge is 2.30. The van der Waals surface area contributed by atoms with Gasteiger partial charge in [0.05, 0.1) is 39.9 Å². The lowest BCUT2D eigenvalue weighted by Gasteiger charge is -2.22. The predicted octanol–water partition coefficient (Wildman–Crippen LogP) is 4.48. The molecule has 1 amide bonds. The fraction of sp³-hybridized carbons (Fsp3) is 0.304. The maximum atomic E-state index is 13.4. The normalized spacial score (nSPS) is 11.9. The standard InChI is InChI=1S/C23H23F3N6O/c1-4-9-32(12-16-7-6-15(11-28-16)23(24,25)26)22(33)14-5-8-18-17(10-14)20-19(21(27)29-18)13(2)30-31(20)3/h5-8,10-11H,4,9,12H2,1-3H3,(H2,27,29). The van der Waals surface area contributed by atoms with E-state index in [4.69, 9.17) is 5.73 Å². The van der Waals surface area contributed by atoms with Crippen molar-refractivity contribution >= 4 is 33.5 Å². The van der Waals surface area contributed by atoms with Gasteiger partial charge in [0.15, 0.2) is 0 Å². The molecule has 0 saturated carbocycles. The first-order chi connectivity index (χ1) is 15.6. The highest BCUT2D eigenvalue weighted by molar-refractivity contribution is 6.11. The van der Waals surface area contributed by atoms with Gasteiger partial charge >= 0.3 is 6.18 Å². The molecule has 1 aromatic carbocycles. The quantitative estimate of drug-likeness (QED) is 0.478. The summed E-state index contributed by atoms with van der Waals surface area (Å²) in [6, 6.07) is 7.45. The Morgan fingerprint density at radius 2 is 1.97 bits per heavy atom. The topological polar surface area (TPSA) is 89.9 Å². The minimum absolute atomic E-state index is 0.100. The van der Waals surface area contributed by atoms with Crippen molar-refractivity contribution in [3.8, 4) is 0 Å². The molecule has 0 radical (unpaired) electrons. The Bertz CT molecular complexity index is 1340. The first-order valence-corrected chi connectivity index (χ1v) is 10.4.